The van der Waals surface area contributed by atoms with Crippen LogP contribution in [0.5, 0.6) is 5.75 Å². The molecule has 0 fully saturated rings. The van der Waals surface area contributed by atoms with Gasteiger partial charge in [-0.3, -0.25) is 4.68 Å². The molecule has 3 nitrogen and oxygen atoms in total. The molecule has 4 heteroatoms. The minimum absolute atomic E-state index is 0.439. The largest absolute Gasteiger partial charge is 0.487 e. The summed E-state index contributed by atoms with van der Waals surface area (Å²) < 4.78 is 7.81. The van der Waals surface area contributed by atoms with Gasteiger partial charge in [0, 0.05) is 18.0 Å². The molecular formula is C17H17ClN2O. The van der Waals surface area contributed by atoms with Gasteiger partial charge in [0.2, 0.25) is 0 Å². The molecule has 0 spiro atoms. The number of benzene rings is 2. The van der Waals surface area contributed by atoms with Crippen LogP contribution in [0.2, 0.25) is 0 Å². The predicted molar refractivity (Wildman–Crippen MR) is 85.8 cm³/mol. The van der Waals surface area contributed by atoms with E-state index in [-0.39, 0.29) is 0 Å². The molecule has 0 radical (unpaired) electrons. The highest BCUT2D eigenvalue weighted by Gasteiger charge is 2.10. The topological polar surface area (TPSA) is 27.1 Å². The minimum atomic E-state index is 0.439. The van der Waals surface area contributed by atoms with E-state index in [0.717, 1.165) is 27.9 Å². The quantitative estimate of drug-likeness (QED) is 0.675. The van der Waals surface area contributed by atoms with E-state index < -0.39 is 0 Å². The van der Waals surface area contributed by atoms with E-state index in [9.17, 15) is 0 Å². The van der Waals surface area contributed by atoms with E-state index in [4.69, 9.17) is 16.3 Å². The summed E-state index contributed by atoms with van der Waals surface area (Å²) in [5.41, 5.74) is 4.24. The summed E-state index contributed by atoms with van der Waals surface area (Å²) >= 11 is 5.99. The van der Waals surface area contributed by atoms with E-state index in [1.807, 2.05) is 42.9 Å². The van der Waals surface area contributed by atoms with Crippen molar-refractivity contribution in [3.63, 3.8) is 0 Å². The van der Waals surface area contributed by atoms with Crippen LogP contribution in [0.25, 0.3) is 10.9 Å². The van der Waals surface area contributed by atoms with Crippen LogP contribution in [0.1, 0.15) is 16.8 Å². The van der Waals surface area contributed by atoms with Gasteiger partial charge >= 0.3 is 0 Å². The molecule has 3 aromatic rings. The Hall–Kier alpha value is -2.00. The van der Waals surface area contributed by atoms with Crippen LogP contribution < -0.4 is 4.74 Å². The third-order valence-electron chi connectivity index (χ3n) is 3.56. The van der Waals surface area contributed by atoms with Crippen LogP contribution >= 0.6 is 11.6 Å². The first-order chi connectivity index (χ1) is 10.2. The van der Waals surface area contributed by atoms with E-state index in [1.54, 1.807) is 0 Å². The number of rotatable bonds is 4. The number of alkyl halides is 1. The summed E-state index contributed by atoms with van der Waals surface area (Å²) in [6, 6.07) is 14.2. The standard InChI is InChI=1S/C17H17ClN2O/c1-12-7-8-17(13(9-12)10-18)21-11-15-14-5-3-4-6-16(14)20(2)19-15/h3-9H,10-11H2,1-2H3. The molecule has 0 N–H and O–H groups in total. The molecule has 0 saturated heterocycles. The lowest BCUT2D eigenvalue weighted by atomic mass is 10.1. The molecule has 1 heterocycles. The molecule has 0 amide bonds. The van der Waals surface area contributed by atoms with Crippen molar-refractivity contribution in [2.24, 2.45) is 7.05 Å². The lowest BCUT2D eigenvalue weighted by Crippen LogP contribution is -2.00. The summed E-state index contributed by atoms with van der Waals surface area (Å²) in [6.45, 7) is 2.49. The van der Waals surface area contributed by atoms with E-state index >= 15 is 0 Å². The third-order valence-corrected chi connectivity index (χ3v) is 3.85. The van der Waals surface area contributed by atoms with Crippen LogP contribution in [0, 0.1) is 6.92 Å². The molecule has 0 atom stereocenters. The summed E-state index contributed by atoms with van der Waals surface area (Å²) in [6.07, 6.45) is 0. The number of ether oxygens (including phenoxy) is 1. The summed E-state index contributed by atoms with van der Waals surface area (Å²) in [5, 5.41) is 5.66. The third kappa shape index (κ3) is 2.74. The molecule has 0 unspecified atom stereocenters. The van der Waals surface area contributed by atoms with Gasteiger partial charge in [-0.05, 0) is 19.1 Å². The molecule has 2 aromatic carbocycles. The molecule has 3 rings (SSSR count). The van der Waals surface area contributed by atoms with Crippen molar-refractivity contribution in [2.45, 2.75) is 19.4 Å². The fourth-order valence-electron chi connectivity index (χ4n) is 2.49. The van der Waals surface area contributed by atoms with Gasteiger partial charge in [0.1, 0.15) is 18.1 Å². The van der Waals surface area contributed by atoms with Gasteiger partial charge in [-0.2, -0.15) is 5.10 Å². The lowest BCUT2D eigenvalue weighted by Gasteiger charge is -2.09. The van der Waals surface area contributed by atoms with Crippen LogP contribution in [-0.4, -0.2) is 9.78 Å². The molecular weight excluding hydrogens is 284 g/mol. The maximum Gasteiger partial charge on any atom is 0.133 e. The van der Waals surface area contributed by atoms with E-state index in [2.05, 4.69) is 23.3 Å². The zero-order chi connectivity index (χ0) is 14.8. The van der Waals surface area contributed by atoms with Crippen molar-refractivity contribution in [3.8, 4) is 5.75 Å². The first-order valence-electron chi connectivity index (χ1n) is 6.88. The van der Waals surface area contributed by atoms with Gasteiger partial charge in [-0.25, -0.2) is 0 Å². The number of halogens is 1. The Bertz CT molecular complexity index is 780. The molecule has 0 saturated carbocycles. The summed E-state index contributed by atoms with van der Waals surface area (Å²) in [4.78, 5) is 0. The zero-order valence-corrected chi connectivity index (χ0v) is 12.9. The second-order valence-electron chi connectivity index (χ2n) is 5.12. The van der Waals surface area contributed by atoms with Crippen molar-refractivity contribution >= 4 is 22.5 Å². The number of aromatic nitrogens is 2. The van der Waals surface area contributed by atoms with Crippen LogP contribution in [0.15, 0.2) is 42.5 Å². The monoisotopic (exact) mass is 300 g/mol. The Morgan fingerprint density at radius 2 is 2.00 bits per heavy atom. The van der Waals surface area contributed by atoms with Gasteiger partial charge in [0.15, 0.2) is 0 Å². The number of aryl methyl sites for hydroxylation is 2. The van der Waals surface area contributed by atoms with Crippen LogP contribution in [0.4, 0.5) is 0 Å². The number of hydrogen-bond donors (Lipinski definition) is 0. The normalized spacial score (nSPS) is 11.0. The van der Waals surface area contributed by atoms with Gasteiger partial charge in [-0.1, -0.05) is 35.9 Å². The number of fused-ring (bicyclic) bond motifs is 1. The maximum absolute atomic E-state index is 5.99. The smallest absolute Gasteiger partial charge is 0.133 e. The minimum Gasteiger partial charge on any atom is -0.487 e. The Balaban J connectivity index is 1.87. The van der Waals surface area contributed by atoms with Gasteiger partial charge in [0.05, 0.1) is 11.4 Å². The fraction of sp³-hybridized carbons (Fsp3) is 0.235. The zero-order valence-electron chi connectivity index (χ0n) is 12.1. The van der Waals surface area contributed by atoms with Gasteiger partial charge < -0.3 is 4.74 Å². The van der Waals surface area contributed by atoms with Gasteiger partial charge in [-0.15, -0.1) is 11.6 Å². The molecule has 0 bridgehead atoms. The fourth-order valence-corrected chi connectivity index (χ4v) is 2.70. The molecule has 108 valence electrons. The number of para-hydroxylation sites is 1. The highest BCUT2D eigenvalue weighted by molar-refractivity contribution is 6.17. The van der Waals surface area contributed by atoms with Crippen molar-refractivity contribution in [2.75, 3.05) is 0 Å². The molecule has 0 aliphatic carbocycles. The van der Waals surface area contributed by atoms with Crippen molar-refractivity contribution in [3.05, 3.63) is 59.3 Å². The van der Waals surface area contributed by atoms with Crippen molar-refractivity contribution < 1.29 is 4.74 Å². The number of nitrogens with zero attached hydrogens (tertiary/aromatic N) is 2. The average molecular weight is 301 g/mol. The second kappa shape index (κ2) is 5.78. The maximum atomic E-state index is 5.99. The Kier molecular flexibility index (Phi) is 3.84. The highest BCUT2D eigenvalue weighted by Crippen LogP contribution is 2.24. The van der Waals surface area contributed by atoms with Crippen LogP contribution in [-0.2, 0) is 19.5 Å². The van der Waals surface area contributed by atoms with E-state index in [1.165, 1.54) is 5.56 Å². The molecule has 0 aliphatic rings. The first kappa shape index (κ1) is 14.0. The van der Waals surface area contributed by atoms with Crippen molar-refractivity contribution in [1.29, 1.82) is 0 Å². The summed E-state index contributed by atoms with van der Waals surface area (Å²) in [7, 11) is 1.95. The van der Waals surface area contributed by atoms with E-state index in [0.29, 0.717) is 12.5 Å². The molecule has 0 aliphatic heterocycles. The summed E-state index contributed by atoms with van der Waals surface area (Å²) in [5.74, 6) is 1.27. The SMILES string of the molecule is Cc1ccc(OCc2nn(C)c3ccccc23)c(CCl)c1. The number of hydrogen-bond acceptors (Lipinski definition) is 2. The highest BCUT2D eigenvalue weighted by atomic mass is 35.5. The predicted octanol–water partition coefficient (Wildman–Crippen LogP) is 4.20. The van der Waals surface area contributed by atoms with Gasteiger partial charge in [0.25, 0.3) is 0 Å². The second-order valence-corrected chi connectivity index (χ2v) is 5.39. The Morgan fingerprint density at radius 1 is 1.19 bits per heavy atom. The average Bonchev–Trinajstić information content (AvgIpc) is 2.83. The first-order valence-corrected chi connectivity index (χ1v) is 7.41. The lowest BCUT2D eigenvalue weighted by molar-refractivity contribution is 0.299. The Morgan fingerprint density at radius 3 is 2.81 bits per heavy atom. The Labute approximate surface area is 129 Å². The van der Waals surface area contributed by atoms with Crippen molar-refractivity contribution in [1.82, 2.24) is 9.78 Å². The molecule has 1 aromatic heterocycles. The van der Waals surface area contributed by atoms with Crippen LogP contribution in [0.3, 0.4) is 0 Å². The molecule has 21 heavy (non-hydrogen) atoms.